The SMILES string of the molecule is O=CC1=[C+]C=CS1. The molecule has 1 aliphatic rings. The summed E-state index contributed by atoms with van der Waals surface area (Å²) >= 11 is 1.40. The highest BCUT2D eigenvalue weighted by atomic mass is 32.2. The van der Waals surface area contributed by atoms with Crippen LogP contribution in [-0.2, 0) is 4.79 Å². The summed E-state index contributed by atoms with van der Waals surface area (Å²) in [5, 5.41) is 1.82. The number of allylic oxidation sites excluding steroid dienone is 3. The van der Waals surface area contributed by atoms with Crippen LogP contribution in [0.5, 0.6) is 0 Å². The van der Waals surface area contributed by atoms with Crippen molar-refractivity contribution in [3.63, 3.8) is 0 Å². The molecule has 2 heteroatoms. The Kier molecular flexibility index (Phi) is 1.25. The van der Waals surface area contributed by atoms with Gasteiger partial charge in [0, 0.05) is 11.8 Å². The number of thioether (sulfide) groups is 1. The number of carbonyl (C=O) groups is 1. The second-order valence-electron chi connectivity index (χ2n) is 1.05. The quantitative estimate of drug-likeness (QED) is 0.372. The Bertz CT molecular complexity index is 135. The number of rotatable bonds is 1. The van der Waals surface area contributed by atoms with Crippen molar-refractivity contribution in [3.8, 4) is 0 Å². The van der Waals surface area contributed by atoms with Crippen LogP contribution in [0.15, 0.2) is 16.4 Å². The molecule has 0 aromatic heterocycles. The van der Waals surface area contributed by atoms with Crippen LogP contribution in [0.4, 0.5) is 0 Å². The molecule has 0 amide bonds. The number of aldehydes is 1. The molecule has 1 nitrogen and oxygen atoms in total. The van der Waals surface area contributed by atoms with Gasteiger partial charge in [-0.2, -0.15) is 0 Å². The minimum atomic E-state index is 0.667. The molecule has 0 bridgehead atoms. The van der Waals surface area contributed by atoms with Gasteiger partial charge in [0.15, 0.2) is 0 Å². The maximum Gasteiger partial charge on any atom is 0.260 e. The zero-order valence-electron chi connectivity index (χ0n) is 3.55. The largest absolute Gasteiger partial charge is 0.260 e. The molecule has 1 rings (SSSR count). The lowest BCUT2D eigenvalue weighted by Crippen LogP contribution is -1.67. The highest BCUT2D eigenvalue weighted by Crippen LogP contribution is 2.18. The summed E-state index contributed by atoms with van der Waals surface area (Å²) in [7, 11) is 0. The van der Waals surface area contributed by atoms with Crippen LogP contribution >= 0.6 is 11.8 Å². The van der Waals surface area contributed by atoms with Gasteiger partial charge in [0.25, 0.3) is 6.29 Å². The zero-order valence-corrected chi connectivity index (χ0v) is 4.37. The summed E-state index contributed by atoms with van der Waals surface area (Å²) in [6.07, 6.45) is 5.26. The third kappa shape index (κ3) is 0.889. The van der Waals surface area contributed by atoms with E-state index in [0.717, 1.165) is 6.29 Å². The second-order valence-corrected chi connectivity index (χ2v) is 1.99. The summed E-state index contributed by atoms with van der Waals surface area (Å²) in [6.45, 7) is 0. The first kappa shape index (κ1) is 4.57. The number of hydrogen-bond acceptors (Lipinski definition) is 2. The molecule has 0 atom stereocenters. The molecule has 0 unspecified atom stereocenters. The maximum atomic E-state index is 9.85. The lowest BCUT2D eigenvalue weighted by atomic mass is 10.5. The molecular formula is C5H3OS+. The number of carbonyl (C=O) groups excluding carboxylic acids is 1. The minimum absolute atomic E-state index is 0.667. The fourth-order valence-corrected chi connectivity index (χ4v) is 0.794. The van der Waals surface area contributed by atoms with E-state index in [9.17, 15) is 4.79 Å². The molecule has 0 N–H and O–H groups in total. The van der Waals surface area contributed by atoms with E-state index in [2.05, 4.69) is 6.08 Å². The summed E-state index contributed by atoms with van der Waals surface area (Å²) < 4.78 is 0. The Balaban J connectivity index is 2.61. The van der Waals surface area contributed by atoms with Crippen LogP contribution in [0.1, 0.15) is 0 Å². The van der Waals surface area contributed by atoms with Crippen LogP contribution in [0.25, 0.3) is 0 Å². The minimum Gasteiger partial charge on any atom is -0.219 e. The van der Waals surface area contributed by atoms with Crippen molar-refractivity contribution < 1.29 is 4.79 Å². The van der Waals surface area contributed by atoms with E-state index < -0.39 is 0 Å². The maximum absolute atomic E-state index is 9.85. The third-order valence-corrected chi connectivity index (χ3v) is 1.34. The van der Waals surface area contributed by atoms with Crippen molar-refractivity contribution in [2.24, 2.45) is 0 Å². The van der Waals surface area contributed by atoms with E-state index in [1.54, 1.807) is 6.08 Å². The fraction of sp³-hybridized carbons (Fsp3) is 0. The van der Waals surface area contributed by atoms with Crippen molar-refractivity contribution in [2.75, 3.05) is 0 Å². The van der Waals surface area contributed by atoms with E-state index in [-0.39, 0.29) is 0 Å². The first-order chi connectivity index (χ1) is 3.43. The molecule has 1 aliphatic heterocycles. The van der Waals surface area contributed by atoms with Gasteiger partial charge in [-0.1, -0.05) is 0 Å². The molecule has 0 spiro atoms. The Morgan fingerprint density at radius 3 is 3.00 bits per heavy atom. The average molecular weight is 111 g/mol. The van der Waals surface area contributed by atoms with Gasteiger partial charge < -0.3 is 0 Å². The summed E-state index contributed by atoms with van der Waals surface area (Å²) in [5.74, 6) is 0. The zero-order chi connectivity index (χ0) is 5.11. The van der Waals surface area contributed by atoms with E-state index >= 15 is 0 Å². The summed E-state index contributed by atoms with van der Waals surface area (Å²) in [6, 6.07) is 0. The van der Waals surface area contributed by atoms with Gasteiger partial charge in [-0.05, 0) is 0 Å². The van der Waals surface area contributed by atoms with Crippen molar-refractivity contribution in [2.45, 2.75) is 0 Å². The Morgan fingerprint density at radius 1 is 1.86 bits per heavy atom. The predicted molar refractivity (Wildman–Crippen MR) is 29.6 cm³/mol. The van der Waals surface area contributed by atoms with Gasteiger partial charge in [-0.3, -0.25) is 0 Å². The second kappa shape index (κ2) is 1.92. The van der Waals surface area contributed by atoms with Gasteiger partial charge in [0.1, 0.15) is 6.08 Å². The van der Waals surface area contributed by atoms with E-state index in [0.29, 0.717) is 4.91 Å². The van der Waals surface area contributed by atoms with Crippen LogP contribution < -0.4 is 0 Å². The Morgan fingerprint density at radius 2 is 2.71 bits per heavy atom. The fourth-order valence-electron chi connectivity index (χ4n) is 0.319. The molecule has 0 saturated carbocycles. The van der Waals surface area contributed by atoms with Crippen LogP contribution in [0.3, 0.4) is 0 Å². The van der Waals surface area contributed by atoms with Gasteiger partial charge in [0.2, 0.25) is 4.91 Å². The van der Waals surface area contributed by atoms with Crippen molar-refractivity contribution in [1.82, 2.24) is 0 Å². The molecule has 0 aliphatic carbocycles. The van der Waals surface area contributed by atoms with Crippen molar-refractivity contribution >= 4 is 18.0 Å². The monoisotopic (exact) mass is 111 g/mol. The van der Waals surface area contributed by atoms with E-state index in [1.165, 1.54) is 11.8 Å². The topological polar surface area (TPSA) is 17.1 Å². The molecular weight excluding hydrogens is 108 g/mol. The molecule has 0 saturated heterocycles. The Hall–Kier alpha value is -0.590. The third-order valence-electron chi connectivity index (χ3n) is 0.596. The lowest BCUT2D eigenvalue weighted by molar-refractivity contribution is -0.104. The number of hydrogen-bond donors (Lipinski definition) is 0. The van der Waals surface area contributed by atoms with Gasteiger partial charge in [-0.15, -0.1) is 0 Å². The predicted octanol–water partition coefficient (Wildman–Crippen LogP) is 1.13. The lowest BCUT2D eigenvalue weighted by Gasteiger charge is -1.64. The molecule has 7 heavy (non-hydrogen) atoms. The molecule has 0 aromatic rings. The van der Waals surface area contributed by atoms with E-state index in [4.69, 9.17) is 0 Å². The highest BCUT2D eigenvalue weighted by molar-refractivity contribution is 8.06. The Labute approximate surface area is 46.1 Å². The summed E-state index contributed by atoms with van der Waals surface area (Å²) in [5.41, 5.74) is 0. The van der Waals surface area contributed by atoms with Crippen LogP contribution in [-0.4, -0.2) is 6.29 Å². The van der Waals surface area contributed by atoms with Gasteiger partial charge >= 0.3 is 0 Å². The standard InChI is InChI=1S/C5H3OS/c6-4-5-2-1-3-7-5/h1,3-4H/q+1. The van der Waals surface area contributed by atoms with Crippen molar-refractivity contribution in [1.29, 1.82) is 0 Å². The molecule has 34 valence electrons. The van der Waals surface area contributed by atoms with E-state index in [1.807, 2.05) is 5.41 Å². The van der Waals surface area contributed by atoms with Crippen LogP contribution in [0, 0.1) is 6.08 Å². The highest BCUT2D eigenvalue weighted by Gasteiger charge is 2.07. The first-order valence-electron chi connectivity index (χ1n) is 1.84. The first-order valence-corrected chi connectivity index (χ1v) is 2.72. The summed E-state index contributed by atoms with van der Waals surface area (Å²) in [4.78, 5) is 10.5. The molecule has 1 heterocycles. The van der Waals surface area contributed by atoms with Crippen molar-refractivity contribution in [3.05, 3.63) is 22.5 Å². The molecule has 0 aromatic carbocycles. The van der Waals surface area contributed by atoms with Gasteiger partial charge in [-0.25, -0.2) is 4.79 Å². The molecule has 0 radical (unpaired) electrons. The normalized spacial score (nSPS) is 15.7. The smallest absolute Gasteiger partial charge is 0.219 e. The van der Waals surface area contributed by atoms with Crippen LogP contribution in [0.2, 0.25) is 0 Å². The van der Waals surface area contributed by atoms with Gasteiger partial charge in [0.05, 0.1) is 11.5 Å². The molecule has 0 fully saturated rings. The average Bonchev–Trinajstić information content (AvgIpc) is 2.14.